The summed E-state index contributed by atoms with van der Waals surface area (Å²) in [6, 6.07) is 0.625. The van der Waals surface area contributed by atoms with Gasteiger partial charge in [0, 0.05) is 18.1 Å². The van der Waals surface area contributed by atoms with Gasteiger partial charge < -0.3 is 15.7 Å². The Morgan fingerprint density at radius 1 is 1.39 bits per heavy atom. The smallest absolute Gasteiger partial charge is 0.0611 e. The number of nitrogens with two attached hydrogens (primary N) is 1. The highest BCUT2D eigenvalue weighted by Gasteiger charge is 2.23. The summed E-state index contributed by atoms with van der Waals surface area (Å²) in [6.45, 7) is 9.11. The van der Waals surface area contributed by atoms with Crippen LogP contribution < -0.4 is 5.73 Å². The van der Waals surface area contributed by atoms with Crippen LogP contribution in [0.2, 0.25) is 0 Å². The van der Waals surface area contributed by atoms with Gasteiger partial charge in [0.25, 0.3) is 0 Å². The SMILES string of the molecule is CCC(N)(CO)CCCN1CCCN(C)CC1C. The normalized spacial score (nSPS) is 26.8. The molecular formula is C14H31N3O. The molecule has 1 rings (SSSR count). The molecule has 1 aliphatic heterocycles. The van der Waals surface area contributed by atoms with Crippen LogP contribution in [-0.2, 0) is 0 Å². The molecule has 4 heteroatoms. The lowest BCUT2D eigenvalue weighted by molar-refractivity contribution is 0.160. The minimum Gasteiger partial charge on any atom is -0.394 e. The second-order valence-electron chi connectivity index (χ2n) is 5.98. The van der Waals surface area contributed by atoms with Gasteiger partial charge in [-0.05, 0) is 59.3 Å². The molecule has 0 aromatic carbocycles. The first-order valence-corrected chi connectivity index (χ1v) is 7.33. The molecular weight excluding hydrogens is 226 g/mol. The van der Waals surface area contributed by atoms with E-state index in [0.29, 0.717) is 6.04 Å². The Morgan fingerprint density at radius 2 is 2.11 bits per heavy atom. The highest BCUT2D eigenvalue weighted by atomic mass is 16.3. The van der Waals surface area contributed by atoms with E-state index in [1.807, 2.05) is 0 Å². The number of likely N-dealkylation sites (N-methyl/N-ethyl adjacent to an activating group) is 1. The Bertz CT molecular complexity index is 231. The average molecular weight is 257 g/mol. The second-order valence-corrected chi connectivity index (χ2v) is 5.98. The van der Waals surface area contributed by atoms with Crippen molar-refractivity contribution >= 4 is 0 Å². The van der Waals surface area contributed by atoms with Crippen molar-refractivity contribution in [3.8, 4) is 0 Å². The standard InChI is InChI=1S/C14H31N3O/c1-4-14(15,12-18)7-5-9-17-10-6-8-16(3)11-13(17)2/h13,18H,4-12,15H2,1-3H3. The van der Waals surface area contributed by atoms with Crippen molar-refractivity contribution in [3.63, 3.8) is 0 Å². The van der Waals surface area contributed by atoms with Crippen LogP contribution in [0.5, 0.6) is 0 Å². The Morgan fingerprint density at radius 3 is 2.72 bits per heavy atom. The fraction of sp³-hybridized carbons (Fsp3) is 1.00. The van der Waals surface area contributed by atoms with Crippen molar-refractivity contribution in [2.75, 3.05) is 39.8 Å². The van der Waals surface area contributed by atoms with E-state index in [2.05, 4.69) is 30.7 Å². The van der Waals surface area contributed by atoms with Crippen molar-refractivity contribution < 1.29 is 5.11 Å². The molecule has 0 aliphatic carbocycles. The van der Waals surface area contributed by atoms with E-state index in [1.54, 1.807) is 0 Å². The van der Waals surface area contributed by atoms with E-state index >= 15 is 0 Å². The van der Waals surface area contributed by atoms with Gasteiger partial charge in [-0.1, -0.05) is 6.92 Å². The van der Waals surface area contributed by atoms with Crippen LogP contribution in [0.15, 0.2) is 0 Å². The average Bonchev–Trinajstić information content (AvgIpc) is 2.51. The first-order valence-electron chi connectivity index (χ1n) is 7.33. The minimum absolute atomic E-state index is 0.0990. The zero-order valence-corrected chi connectivity index (χ0v) is 12.4. The number of aliphatic hydroxyl groups is 1. The highest BCUT2D eigenvalue weighted by molar-refractivity contribution is 4.83. The molecule has 0 aromatic rings. The molecule has 0 bridgehead atoms. The molecule has 0 radical (unpaired) electrons. The van der Waals surface area contributed by atoms with Gasteiger partial charge in [0.15, 0.2) is 0 Å². The van der Waals surface area contributed by atoms with Gasteiger partial charge >= 0.3 is 0 Å². The Balaban J connectivity index is 2.33. The lowest BCUT2D eigenvalue weighted by Crippen LogP contribution is -2.44. The van der Waals surface area contributed by atoms with E-state index in [1.165, 1.54) is 19.5 Å². The van der Waals surface area contributed by atoms with Gasteiger partial charge in [0.2, 0.25) is 0 Å². The van der Waals surface area contributed by atoms with Crippen molar-refractivity contribution in [1.29, 1.82) is 0 Å². The summed E-state index contributed by atoms with van der Waals surface area (Å²) in [5.41, 5.74) is 5.75. The van der Waals surface area contributed by atoms with E-state index in [0.717, 1.165) is 32.4 Å². The molecule has 0 saturated carbocycles. The zero-order chi connectivity index (χ0) is 13.6. The highest BCUT2D eigenvalue weighted by Crippen LogP contribution is 2.15. The molecule has 108 valence electrons. The van der Waals surface area contributed by atoms with Gasteiger partial charge in [0.1, 0.15) is 0 Å². The molecule has 0 aromatic heterocycles. The monoisotopic (exact) mass is 257 g/mol. The van der Waals surface area contributed by atoms with Crippen LogP contribution in [0.25, 0.3) is 0 Å². The number of hydrogen-bond donors (Lipinski definition) is 2. The van der Waals surface area contributed by atoms with Crippen LogP contribution in [0.1, 0.15) is 39.5 Å². The van der Waals surface area contributed by atoms with Gasteiger partial charge in [0.05, 0.1) is 6.61 Å². The van der Waals surface area contributed by atoms with E-state index in [4.69, 9.17) is 5.73 Å². The lowest BCUT2D eigenvalue weighted by Gasteiger charge is -2.30. The molecule has 2 atom stereocenters. The summed E-state index contributed by atoms with van der Waals surface area (Å²) in [7, 11) is 2.20. The fourth-order valence-electron chi connectivity index (χ4n) is 2.76. The van der Waals surface area contributed by atoms with Crippen molar-refractivity contribution in [3.05, 3.63) is 0 Å². The third-order valence-electron chi connectivity index (χ3n) is 4.32. The summed E-state index contributed by atoms with van der Waals surface area (Å²) < 4.78 is 0. The van der Waals surface area contributed by atoms with Crippen molar-refractivity contribution in [2.24, 2.45) is 5.73 Å². The molecule has 4 nitrogen and oxygen atoms in total. The molecule has 1 fully saturated rings. The summed E-state index contributed by atoms with van der Waals surface area (Å²) in [5.74, 6) is 0. The van der Waals surface area contributed by atoms with Gasteiger partial charge in [-0.3, -0.25) is 4.90 Å². The van der Waals surface area contributed by atoms with E-state index in [-0.39, 0.29) is 12.1 Å². The molecule has 2 unspecified atom stereocenters. The summed E-state index contributed by atoms with van der Waals surface area (Å²) in [6.07, 6.45) is 4.10. The minimum atomic E-state index is -0.369. The van der Waals surface area contributed by atoms with E-state index in [9.17, 15) is 5.11 Å². The fourth-order valence-corrected chi connectivity index (χ4v) is 2.76. The van der Waals surface area contributed by atoms with Gasteiger partial charge in [-0.15, -0.1) is 0 Å². The van der Waals surface area contributed by atoms with Crippen LogP contribution in [0, 0.1) is 0 Å². The third-order valence-corrected chi connectivity index (χ3v) is 4.32. The van der Waals surface area contributed by atoms with Crippen LogP contribution in [0.4, 0.5) is 0 Å². The molecule has 0 amide bonds. The summed E-state index contributed by atoms with van der Waals surface area (Å²) >= 11 is 0. The number of nitrogens with zero attached hydrogens (tertiary/aromatic N) is 2. The Labute approximate surface area is 112 Å². The first kappa shape index (κ1) is 15.9. The summed E-state index contributed by atoms with van der Waals surface area (Å²) in [5, 5.41) is 9.31. The molecule has 1 aliphatic rings. The second kappa shape index (κ2) is 7.43. The summed E-state index contributed by atoms with van der Waals surface area (Å²) in [4.78, 5) is 4.98. The van der Waals surface area contributed by atoms with E-state index < -0.39 is 0 Å². The molecule has 3 N–H and O–H groups in total. The van der Waals surface area contributed by atoms with Crippen LogP contribution in [-0.4, -0.2) is 66.3 Å². The van der Waals surface area contributed by atoms with Crippen LogP contribution in [0.3, 0.4) is 0 Å². The topological polar surface area (TPSA) is 52.7 Å². The molecule has 1 heterocycles. The van der Waals surface area contributed by atoms with Gasteiger partial charge in [-0.2, -0.15) is 0 Å². The maximum absolute atomic E-state index is 9.31. The largest absolute Gasteiger partial charge is 0.394 e. The maximum Gasteiger partial charge on any atom is 0.0611 e. The zero-order valence-electron chi connectivity index (χ0n) is 12.4. The molecule has 18 heavy (non-hydrogen) atoms. The van der Waals surface area contributed by atoms with Gasteiger partial charge in [-0.25, -0.2) is 0 Å². The molecule has 1 saturated heterocycles. The predicted molar refractivity (Wildman–Crippen MR) is 76.7 cm³/mol. The number of hydrogen-bond acceptors (Lipinski definition) is 4. The number of aliphatic hydroxyl groups excluding tert-OH is 1. The molecule has 0 spiro atoms. The maximum atomic E-state index is 9.31. The quantitative estimate of drug-likeness (QED) is 0.742. The predicted octanol–water partition coefficient (Wildman–Crippen LogP) is 0.892. The number of rotatable bonds is 6. The Kier molecular flexibility index (Phi) is 6.57. The van der Waals surface area contributed by atoms with Crippen LogP contribution >= 0.6 is 0 Å². The Hall–Kier alpha value is -0.160. The first-order chi connectivity index (χ1) is 8.50. The van der Waals surface area contributed by atoms with Crippen molar-refractivity contribution in [2.45, 2.75) is 51.1 Å². The third kappa shape index (κ3) is 4.84. The van der Waals surface area contributed by atoms with Crippen molar-refractivity contribution in [1.82, 2.24) is 9.80 Å². The lowest BCUT2D eigenvalue weighted by atomic mass is 9.92.